The SMILES string of the molecule is N#CC(F)(c1ccccc1)C(CC=O)c1ccccc1. The topological polar surface area (TPSA) is 40.9 Å². The Balaban J connectivity index is 2.51. The standard InChI is InChI=1S/C17H14FNO/c18-17(13-19,15-9-5-2-6-10-15)16(11-12-20)14-7-3-1-4-8-14/h1-10,12,16H,11H2. The summed E-state index contributed by atoms with van der Waals surface area (Å²) < 4.78 is 15.3. The third kappa shape index (κ3) is 2.60. The second-order valence-electron chi connectivity index (χ2n) is 4.56. The first kappa shape index (κ1) is 14.0. The number of carbonyl (C=O) groups excluding carboxylic acids is 1. The van der Waals surface area contributed by atoms with Crippen molar-refractivity contribution in [3.63, 3.8) is 0 Å². The first-order valence-electron chi connectivity index (χ1n) is 6.36. The van der Waals surface area contributed by atoms with Crippen LogP contribution in [0.1, 0.15) is 23.5 Å². The highest BCUT2D eigenvalue weighted by atomic mass is 19.1. The van der Waals surface area contributed by atoms with Gasteiger partial charge in [0.2, 0.25) is 5.67 Å². The number of nitrogens with zero attached hydrogens (tertiary/aromatic N) is 1. The Morgan fingerprint density at radius 3 is 2.15 bits per heavy atom. The summed E-state index contributed by atoms with van der Waals surface area (Å²) in [5.41, 5.74) is -1.30. The van der Waals surface area contributed by atoms with Gasteiger partial charge in [0.25, 0.3) is 0 Å². The van der Waals surface area contributed by atoms with Gasteiger partial charge in [-0.3, -0.25) is 0 Å². The zero-order valence-corrected chi connectivity index (χ0v) is 10.9. The summed E-state index contributed by atoms with van der Waals surface area (Å²) in [5, 5.41) is 9.36. The summed E-state index contributed by atoms with van der Waals surface area (Å²) >= 11 is 0. The lowest BCUT2D eigenvalue weighted by atomic mass is 9.78. The minimum absolute atomic E-state index is 0.0387. The van der Waals surface area contributed by atoms with Crippen LogP contribution >= 0.6 is 0 Å². The summed E-state index contributed by atoms with van der Waals surface area (Å²) in [7, 11) is 0. The third-order valence-corrected chi connectivity index (χ3v) is 3.37. The number of rotatable bonds is 5. The zero-order chi connectivity index (χ0) is 14.4. The molecule has 0 saturated carbocycles. The maximum Gasteiger partial charge on any atom is 0.228 e. The van der Waals surface area contributed by atoms with Gasteiger partial charge in [-0.2, -0.15) is 5.26 Å². The Labute approximate surface area is 117 Å². The molecule has 2 unspecified atom stereocenters. The molecule has 20 heavy (non-hydrogen) atoms. The average Bonchev–Trinajstić information content (AvgIpc) is 2.53. The number of aldehydes is 1. The number of carbonyl (C=O) groups is 1. The maximum atomic E-state index is 15.3. The molecule has 2 aromatic carbocycles. The van der Waals surface area contributed by atoms with E-state index in [4.69, 9.17) is 0 Å². The molecule has 0 bridgehead atoms. The molecule has 100 valence electrons. The van der Waals surface area contributed by atoms with Gasteiger partial charge in [0.15, 0.2) is 0 Å². The van der Waals surface area contributed by atoms with E-state index in [1.54, 1.807) is 60.7 Å². The molecule has 0 aliphatic heterocycles. The fourth-order valence-electron chi connectivity index (χ4n) is 2.33. The minimum Gasteiger partial charge on any atom is -0.303 e. The van der Waals surface area contributed by atoms with Crippen LogP contribution in [0.15, 0.2) is 60.7 Å². The fourth-order valence-corrected chi connectivity index (χ4v) is 2.33. The zero-order valence-electron chi connectivity index (χ0n) is 10.9. The first-order valence-corrected chi connectivity index (χ1v) is 6.36. The molecule has 0 fully saturated rings. The summed E-state index contributed by atoms with van der Waals surface area (Å²) in [4.78, 5) is 10.9. The lowest BCUT2D eigenvalue weighted by molar-refractivity contribution is -0.108. The van der Waals surface area contributed by atoms with Gasteiger partial charge in [-0.05, 0) is 5.56 Å². The number of halogens is 1. The van der Waals surface area contributed by atoms with Crippen molar-refractivity contribution in [3.8, 4) is 6.07 Å². The molecular formula is C17H14FNO. The highest BCUT2D eigenvalue weighted by molar-refractivity contribution is 5.54. The van der Waals surface area contributed by atoms with Crippen molar-refractivity contribution in [2.24, 2.45) is 0 Å². The Morgan fingerprint density at radius 1 is 1.10 bits per heavy atom. The van der Waals surface area contributed by atoms with E-state index in [1.807, 2.05) is 6.07 Å². The predicted octanol–water partition coefficient (Wildman–Crippen LogP) is 3.75. The quantitative estimate of drug-likeness (QED) is 0.774. The van der Waals surface area contributed by atoms with Crippen molar-refractivity contribution in [2.75, 3.05) is 0 Å². The van der Waals surface area contributed by atoms with Gasteiger partial charge in [-0.25, -0.2) is 4.39 Å². The largest absolute Gasteiger partial charge is 0.303 e. The Hall–Kier alpha value is -2.47. The van der Waals surface area contributed by atoms with Crippen LogP contribution in [0.4, 0.5) is 4.39 Å². The molecule has 2 aromatic rings. The molecule has 2 nitrogen and oxygen atoms in total. The van der Waals surface area contributed by atoms with Crippen LogP contribution in [0.2, 0.25) is 0 Å². The van der Waals surface area contributed by atoms with E-state index in [-0.39, 0.29) is 12.0 Å². The molecule has 0 N–H and O–H groups in total. The van der Waals surface area contributed by atoms with Crippen molar-refractivity contribution >= 4 is 6.29 Å². The summed E-state index contributed by atoms with van der Waals surface area (Å²) in [6, 6.07) is 18.9. The molecule has 2 rings (SSSR count). The summed E-state index contributed by atoms with van der Waals surface area (Å²) in [5.74, 6) is -0.811. The predicted molar refractivity (Wildman–Crippen MR) is 74.7 cm³/mol. The van der Waals surface area contributed by atoms with Gasteiger partial charge < -0.3 is 4.79 Å². The molecule has 0 saturated heterocycles. The van der Waals surface area contributed by atoms with Crippen molar-refractivity contribution < 1.29 is 9.18 Å². The van der Waals surface area contributed by atoms with Gasteiger partial charge in [0.1, 0.15) is 12.4 Å². The van der Waals surface area contributed by atoms with Crippen molar-refractivity contribution in [1.82, 2.24) is 0 Å². The Kier molecular flexibility index (Phi) is 4.27. The van der Waals surface area contributed by atoms with E-state index in [0.717, 1.165) is 0 Å². The number of hydrogen-bond acceptors (Lipinski definition) is 2. The number of benzene rings is 2. The molecule has 0 aliphatic rings. The van der Waals surface area contributed by atoms with E-state index in [0.29, 0.717) is 11.8 Å². The maximum absolute atomic E-state index is 15.3. The van der Waals surface area contributed by atoms with E-state index < -0.39 is 11.6 Å². The lowest BCUT2D eigenvalue weighted by Gasteiger charge is -2.27. The normalized spacial score (nSPS) is 14.8. The van der Waals surface area contributed by atoms with Gasteiger partial charge in [0, 0.05) is 17.9 Å². The number of alkyl halides is 1. The molecule has 0 spiro atoms. The molecule has 0 aromatic heterocycles. The van der Waals surface area contributed by atoms with E-state index >= 15 is 4.39 Å². The number of hydrogen-bond donors (Lipinski definition) is 0. The number of nitriles is 1. The van der Waals surface area contributed by atoms with Crippen molar-refractivity contribution in [1.29, 1.82) is 5.26 Å². The second kappa shape index (κ2) is 6.12. The molecule has 0 radical (unpaired) electrons. The molecule has 0 aliphatic carbocycles. The monoisotopic (exact) mass is 267 g/mol. The van der Waals surface area contributed by atoms with Gasteiger partial charge in [0.05, 0.1) is 0 Å². The molecule has 0 heterocycles. The highest BCUT2D eigenvalue weighted by Crippen LogP contribution is 2.41. The van der Waals surface area contributed by atoms with Crippen LogP contribution in [0, 0.1) is 11.3 Å². The van der Waals surface area contributed by atoms with Crippen LogP contribution in [0.5, 0.6) is 0 Å². The van der Waals surface area contributed by atoms with Crippen LogP contribution in [-0.4, -0.2) is 6.29 Å². The fraction of sp³-hybridized carbons (Fsp3) is 0.176. The molecule has 0 amide bonds. The molecular weight excluding hydrogens is 253 g/mol. The smallest absolute Gasteiger partial charge is 0.228 e. The summed E-state index contributed by atoms with van der Waals surface area (Å²) in [6.07, 6.45) is 0.620. The Bertz CT molecular complexity index is 606. The van der Waals surface area contributed by atoms with Crippen LogP contribution in [0.3, 0.4) is 0 Å². The first-order chi connectivity index (χ1) is 9.72. The van der Waals surface area contributed by atoms with E-state index in [9.17, 15) is 10.1 Å². The second-order valence-corrected chi connectivity index (χ2v) is 4.56. The van der Waals surface area contributed by atoms with Crippen molar-refractivity contribution in [3.05, 3.63) is 71.8 Å². The highest BCUT2D eigenvalue weighted by Gasteiger charge is 2.41. The van der Waals surface area contributed by atoms with Gasteiger partial charge >= 0.3 is 0 Å². The average molecular weight is 267 g/mol. The van der Waals surface area contributed by atoms with Gasteiger partial charge in [-0.15, -0.1) is 0 Å². The van der Waals surface area contributed by atoms with E-state index in [1.165, 1.54) is 0 Å². The Morgan fingerprint density at radius 2 is 1.65 bits per heavy atom. The van der Waals surface area contributed by atoms with Crippen LogP contribution in [0.25, 0.3) is 0 Å². The van der Waals surface area contributed by atoms with Crippen LogP contribution in [-0.2, 0) is 10.5 Å². The van der Waals surface area contributed by atoms with Crippen molar-refractivity contribution in [2.45, 2.75) is 18.0 Å². The lowest BCUT2D eigenvalue weighted by Crippen LogP contribution is -2.27. The third-order valence-electron chi connectivity index (χ3n) is 3.37. The molecule has 2 atom stereocenters. The molecule has 3 heteroatoms. The van der Waals surface area contributed by atoms with E-state index in [2.05, 4.69) is 0 Å². The summed E-state index contributed by atoms with van der Waals surface area (Å²) in [6.45, 7) is 0. The van der Waals surface area contributed by atoms with Crippen LogP contribution < -0.4 is 0 Å². The van der Waals surface area contributed by atoms with Gasteiger partial charge in [-0.1, -0.05) is 60.7 Å². The minimum atomic E-state index is -2.22.